The topological polar surface area (TPSA) is 85.1 Å². The van der Waals surface area contributed by atoms with E-state index in [1.807, 2.05) is 20.8 Å². The van der Waals surface area contributed by atoms with Crippen LogP contribution in [0.2, 0.25) is 0 Å². The van der Waals surface area contributed by atoms with Crippen molar-refractivity contribution in [3.63, 3.8) is 0 Å². The molecule has 0 aliphatic rings. The Bertz CT molecular complexity index is 470. The summed E-state index contributed by atoms with van der Waals surface area (Å²) in [4.78, 5) is 4.08. The highest BCUT2D eigenvalue weighted by Crippen LogP contribution is 2.19. The van der Waals surface area contributed by atoms with E-state index in [1.54, 1.807) is 0 Å². The molecule has 7 heteroatoms. The highest BCUT2D eigenvalue weighted by molar-refractivity contribution is 7.92. The molecule has 0 aromatic carbocycles. The molecule has 0 spiro atoms. The summed E-state index contributed by atoms with van der Waals surface area (Å²) in [5.74, 6) is 0.774. The normalized spacial score (nSPS) is 12.7. The van der Waals surface area contributed by atoms with Crippen molar-refractivity contribution in [2.24, 2.45) is 0 Å². The summed E-state index contributed by atoms with van der Waals surface area (Å²) in [6.07, 6.45) is 0. The van der Waals surface area contributed by atoms with Gasteiger partial charge in [-0.25, -0.2) is 13.1 Å². The minimum Gasteiger partial charge on any atom is -0.339 e. The summed E-state index contributed by atoms with van der Waals surface area (Å²) in [6, 6.07) is 0. The zero-order valence-electron chi connectivity index (χ0n) is 9.52. The third-order valence-electron chi connectivity index (χ3n) is 1.76. The minimum atomic E-state index is -3.45. The highest BCUT2D eigenvalue weighted by Gasteiger charge is 2.21. The van der Waals surface area contributed by atoms with Crippen LogP contribution in [0.5, 0.6) is 0 Å². The second-order valence-corrected chi connectivity index (χ2v) is 6.01. The molecule has 1 aromatic heterocycles. The predicted molar refractivity (Wildman–Crippen MR) is 59.0 cm³/mol. The van der Waals surface area contributed by atoms with Crippen molar-refractivity contribution in [2.45, 2.75) is 32.7 Å². The lowest BCUT2D eigenvalue weighted by molar-refractivity contribution is 0.318. The molecule has 16 heavy (non-hydrogen) atoms. The smallest absolute Gasteiger partial charge is 0.233 e. The Morgan fingerprint density at radius 1 is 1.50 bits per heavy atom. The third-order valence-corrected chi connectivity index (χ3v) is 2.75. The molecule has 0 amide bonds. The molecule has 0 saturated heterocycles. The van der Waals surface area contributed by atoms with Crippen molar-refractivity contribution in [3.8, 4) is 0 Å². The number of aromatic nitrogens is 2. The Hall–Kier alpha value is -1.21. The average Bonchev–Trinajstić information content (AvgIpc) is 2.63. The molecule has 1 heterocycles. The van der Waals surface area contributed by atoms with Gasteiger partial charge in [0.1, 0.15) is 0 Å². The molecule has 90 valence electrons. The van der Waals surface area contributed by atoms with E-state index in [0.717, 1.165) is 5.41 Å². The van der Waals surface area contributed by atoms with Gasteiger partial charge in [0.25, 0.3) is 0 Å². The predicted octanol–water partition coefficient (Wildman–Crippen LogP) is 0.930. The standard InChI is InChI=1S/C9H15N3O3S/c1-5-16(13,14)10-6-7-11-8(15-12-7)9(2,3)4/h5,10H,1,6H2,2-4H3. The fourth-order valence-corrected chi connectivity index (χ4v) is 1.30. The summed E-state index contributed by atoms with van der Waals surface area (Å²) in [6.45, 7) is 8.95. The summed E-state index contributed by atoms with van der Waals surface area (Å²) in [7, 11) is -3.45. The van der Waals surface area contributed by atoms with Crippen LogP contribution in [0.3, 0.4) is 0 Å². The SMILES string of the molecule is C=CS(=O)(=O)NCc1noc(C(C)(C)C)n1. The van der Waals surface area contributed by atoms with Crippen LogP contribution >= 0.6 is 0 Å². The molecular weight excluding hydrogens is 230 g/mol. The van der Waals surface area contributed by atoms with Crippen LogP contribution in [0.15, 0.2) is 16.5 Å². The number of hydrogen-bond donors (Lipinski definition) is 1. The zero-order valence-corrected chi connectivity index (χ0v) is 10.3. The van der Waals surface area contributed by atoms with Gasteiger partial charge in [0.05, 0.1) is 6.54 Å². The van der Waals surface area contributed by atoms with Gasteiger partial charge in [-0.05, 0) is 0 Å². The molecule has 0 fully saturated rings. The van der Waals surface area contributed by atoms with Gasteiger partial charge in [0.2, 0.25) is 15.9 Å². The van der Waals surface area contributed by atoms with Crippen LogP contribution in [-0.4, -0.2) is 18.6 Å². The van der Waals surface area contributed by atoms with Crippen molar-refractivity contribution in [1.82, 2.24) is 14.9 Å². The summed E-state index contributed by atoms with van der Waals surface area (Å²) in [5.41, 5.74) is -0.247. The lowest BCUT2D eigenvalue weighted by atomic mass is 9.97. The van der Waals surface area contributed by atoms with Gasteiger partial charge in [-0.1, -0.05) is 32.5 Å². The Kier molecular flexibility index (Phi) is 3.49. The lowest BCUT2D eigenvalue weighted by Gasteiger charge is -2.10. The molecule has 1 rings (SSSR count). The number of nitrogens with one attached hydrogen (secondary N) is 1. The fraction of sp³-hybridized carbons (Fsp3) is 0.556. The number of nitrogens with zero attached hydrogens (tertiary/aromatic N) is 2. The van der Waals surface area contributed by atoms with Gasteiger partial charge in [-0.15, -0.1) is 0 Å². The summed E-state index contributed by atoms with van der Waals surface area (Å²) < 4.78 is 29.4. The fourth-order valence-electron chi connectivity index (χ4n) is 0.854. The van der Waals surface area contributed by atoms with Crippen LogP contribution in [-0.2, 0) is 22.0 Å². The molecule has 1 aromatic rings. The maximum Gasteiger partial charge on any atom is 0.233 e. The van der Waals surface area contributed by atoms with E-state index in [4.69, 9.17) is 4.52 Å². The lowest BCUT2D eigenvalue weighted by Crippen LogP contribution is -2.21. The molecule has 6 nitrogen and oxygen atoms in total. The van der Waals surface area contributed by atoms with Crippen LogP contribution in [0.4, 0.5) is 0 Å². The van der Waals surface area contributed by atoms with Crippen LogP contribution in [0, 0.1) is 0 Å². The second-order valence-electron chi connectivity index (χ2n) is 4.30. The van der Waals surface area contributed by atoms with E-state index in [0.29, 0.717) is 11.7 Å². The molecule has 0 unspecified atom stereocenters. The van der Waals surface area contributed by atoms with Crippen LogP contribution in [0.25, 0.3) is 0 Å². The third kappa shape index (κ3) is 3.42. The van der Waals surface area contributed by atoms with E-state index in [9.17, 15) is 8.42 Å². The van der Waals surface area contributed by atoms with E-state index in [-0.39, 0.29) is 12.0 Å². The van der Waals surface area contributed by atoms with Gasteiger partial charge >= 0.3 is 0 Å². The minimum absolute atomic E-state index is 0.00602. The first-order valence-electron chi connectivity index (χ1n) is 4.70. The molecule has 0 saturated carbocycles. The van der Waals surface area contributed by atoms with Gasteiger partial charge in [0.15, 0.2) is 5.82 Å². The largest absolute Gasteiger partial charge is 0.339 e. The molecule has 0 radical (unpaired) electrons. The summed E-state index contributed by atoms with van der Waals surface area (Å²) in [5, 5.41) is 4.50. The van der Waals surface area contributed by atoms with E-state index >= 15 is 0 Å². The first-order valence-corrected chi connectivity index (χ1v) is 6.24. The molecule has 1 N–H and O–H groups in total. The highest BCUT2D eigenvalue weighted by atomic mass is 32.2. The van der Waals surface area contributed by atoms with Crippen molar-refractivity contribution >= 4 is 10.0 Å². The zero-order chi connectivity index (χ0) is 12.4. The monoisotopic (exact) mass is 245 g/mol. The van der Waals surface area contributed by atoms with Gasteiger partial charge in [-0.3, -0.25) is 0 Å². The van der Waals surface area contributed by atoms with Crippen LogP contribution in [0.1, 0.15) is 32.5 Å². The van der Waals surface area contributed by atoms with Crippen molar-refractivity contribution in [2.75, 3.05) is 0 Å². The van der Waals surface area contributed by atoms with Crippen LogP contribution < -0.4 is 4.72 Å². The quantitative estimate of drug-likeness (QED) is 0.853. The van der Waals surface area contributed by atoms with Gasteiger partial charge in [-0.2, -0.15) is 4.98 Å². The van der Waals surface area contributed by atoms with E-state index in [2.05, 4.69) is 21.4 Å². The first-order chi connectivity index (χ1) is 7.24. The second kappa shape index (κ2) is 4.34. The Labute approximate surface area is 94.8 Å². The van der Waals surface area contributed by atoms with Crippen molar-refractivity contribution < 1.29 is 12.9 Å². The maximum atomic E-state index is 11.1. The Balaban J connectivity index is 2.71. The number of sulfonamides is 1. The molecule has 0 atom stereocenters. The van der Waals surface area contributed by atoms with Crippen molar-refractivity contribution in [1.29, 1.82) is 0 Å². The maximum absolute atomic E-state index is 11.1. The Morgan fingerprint density at radius 2 is 2.12 bits per heavy atom. The average molecular weight is 245 g/mol. The molecule has 0 aliphatic carbocycles. The van der Waals surface area contributed by atoms with E-state index in [1.165, 1.54) is 0 Å². The Morgan fingerprint density at radius 3 is 2.56 bits per heavy atom. The first kappa shape index (κ1) is 12.9. The van der Waals surface area contributed by atoms with Gasteiger partial charge in [0, 0.05) is 10.8 Å². The van der Waals surface area contributed by atoms with Crippen molar-refractivity contribution in [3.05, 3.63) is 23.7 Å². The molecule has 0 bridgehead atoms. The summed E-state index contributed by atoms with van der Waals surface area (Å²) >= 11 is 0. The number of hydrogen-bond acceptors (Lipinski definition) is 5. The van der Waals surface area contributed by atoms with E-state index < -0.39 is 10.0 Å². The molecular formula is C9H15N3O3S. The van der Waals surface area contributed by atoms with Gasteiger partial charge < -0.3 is 4.52 Å². The molecule has 0 aliphatic heterocycles. The number of rotatable bonds is 4.